The molecule has 15 heavy (non-hydrogen) atoms. The zero-order valence-corrected chi connectivity index (χ0v) is 10.1. The minimum Gasteiger partial charge on any atom is -0.328 e. The van der Waals surface area contributed by atoms with Crippen molar-refractivity contribution in [3.05, 3.63) is 29.3 Å². The molecule has 0 aliphatic carbocycles. The van der Waals surface area contributed by atoms with Crippen LogP contribution in [0.25, 0.3) is 0 Å². The van der Waals surface area contributed by atoms with Crippen molar-refractivity contribution in [3.63, 3.8) is 0 Å². The highest BCUT2D eigenvalue weighted by atomic mass is 32.2. The zero-order valence-electron chi connectivity index (χ0n) is 9.32. The molecule has 1 aromatic rings. The van der Waals surface area contributed by atoms with E-state index in [2.05, 4.69) is 0 Å². The van der Waals surface area contributed by atoms with E-state index in [1.54, 1.807) is 12.1 Å². The van der Waals surface area contributed by atoms with Crippen molar-refractivity contribution in [2.45, 2.75) is 31.2 Å². The number of sulfone groups is 1. The highest BCUT2D eigenvalue weighted by Gasteiger charge is 2.10. The SMILES string of the molecule is Cc1ccc(S(C)(=O)=O)cc1CC(C)N. The fourth-order valence-electron chi connectivity index (χ4n) is 1.45. The van der Waals surface area contributed by atoms with E-state index in [0.29, 0.717) is 11.3 Å². The first kappa shape index (κ1) is 12.2. The Labute approximate surface area is 91.2 Å². The monoisotopic (exact) mass is 227 g/mol. The molecule has 0 fully saturated rings. The van der Waals surface area contributed by atoms with E-state index >= 15 is 0 Å². The molecule has 1 rings (SSSR count). The molecule has 1 aromatic carbocycles. The molecule has 0 aromatic heterocycles. The number of hydrogen-bond donors (Lipinski definition) is 1. The Morgan fingerprint density at radius 3 is 2.47 bits per heavy atom. The predicted octanol–water partition coefficient (Wildman–Crippen LogP) is 1.29. The van der Waals surface area contributed by atoms with E-state index in [9.17, 15) is 8.42 Å². The molecule has 0 bridgehead atoms. The number of benzene rings is 1. The van der Waals surface area contributed by atoms with Crippen LogP contribution >= 0.6 is 0 Å². The van der Waals surface area contributed by atoms with Crippen molar-refractivity contribution < 1.29 is 8.42 Å². The van der Waals surface area contributed by atoms with Gasteiger partial charge in [0.2, 0.25) is 0 Å². The smallest absolute Gasteiger partial charge is 0.175 e. The first-order valence-corrected chi connectivity index (χ1v) is 6.75. The van der Waals surface area contributed by atoms with Gasteiger partial charge >= 0.3 is 0 Å². The number of aryl methyl sites for hydroxylation is 1. The topological polar surface area (TPSA) is 60.2 Å². The van der Waals surface area contributed by atoms with Crippen LogP contribution in [0.5, 0.6) is 0 Å². The molecule has 84 valence electrons. The second-order valence-electron chi connectivity index (χ2n) is 4.04. The molecule has 0 amide bonds. The Morgan fingerprint density at radius 2 is 2.00 bits per heavy atom. The lowest BCUT2D eigenvalue weighted by molar-refractivity contribution is 0.601. The van der Waals surface area contributed by atoms with Gasteiger partial charge in [-0.05, 0) is 43.5 Å². The molecule has 0 saturated carbocycles. The summed E-state index contributed by atoms with van der Waals surface area (Å²) in [6, 6.07) is 5.22. The minimum absolute atomic E-state index is 0.0403. The molecule has 0 spiro atoms. The van der Waals surface area contributed by atoms with E-state index in [1.807, 2.05) is 19.9 Å². The molecular weight excluding hydrogens is 210 g/mol. The van der Waals surface area contributed by atoms with Gasteiger partial charge in [0.05, 0.1) is 4.90 Å². The summed E-state index contributed by atoms with van der Waals surface area (Å²) in [5.74, 6) is 0. The van der Waals surface area contributed by atoms with E-state index in [1.165, 1.54) is 6.26 Å². The lowest BCUT2D eigenvalue weighted by Crippen LogP contribution is -2.18. The summed E-state index contributed by atoms with van der Waals surface area (Å²) in [6.07, 6.45) is 1.92. The van der Waals surface area contributed by atoms with Gasteiger partial charge in [0.15, 0.2) is 9.84 Å². The van der Waals surface area contributed by atoms with E-state index in [0.717, 1.165) is 11.1 Å². The van der Waals surface area contributed by atoms with Gasteiger partial charge in [0.1, 0.15) is 0 Å². The molecule has 0 aliphatic heterocycles. The molecule has 1 unspecified atom stereocenters. The van der Waals surface area contributed by atoms with Crippen LogP contribution in [0.1, 0.15) is 18.1 Å². The van der Waals surface area contributed by atoms with Gasteiger partial charge in [-0.3, -0.25) is 0 Å². The molecule has 0 radical (unpaired) electrons. The van der Waals surface area contributed by atoms with Gasteiger partial charge in [0, 0.05) is 12.3 Å². The third-order valence-electron chi connectivity index (χ3n) is 2.29. The Kier molecular flexibility index (Phi) is 3.52. The summed E-state index contributed by atoms with van der Waals surface area (Å²) in [5.41, 5.74) is 7.79. The summed E-state index contributed by atoms with van der Waals surface area (Å²) < 4.78 is 22.7. The van der Waals surface area contributed by atoms with Crippen molar-refractivity contribution >= 4 is 9.84 Å². The standard InChI is InChI=1S/C11H17NO2S/c1-8-4-5-11(15(3,13)14)7-10(8)6-9(2)12/h4-5,7,9H,6,12H2,1-3H3. The molecule has 4 heteroatoms. The zero-order chi connectivity index (χ0) is 11.6. The van der Waals surface area contributed by atoms with Crippen LogP contribution in [-0.2, 0) is 16.3 Å². The minimum atomic E-state index is -3.12. The van der Waals surface area contributed by atoms with Gasteiger partial charge in [0.25, 0.3) is 0 Å². The summed E-state index contributed by atoms with van der Waals surface area (Å²) >= 11 is 0. The summed E-state index contributed by atoms with van der Waals surface area (Å²) in [5, 5.41) is 0. The largest absolute Gasteiger partial charge is 0.328 e. The molecule has 0 heterocycles. The van der Waals surface area contributed by atoms with E-state index in [4.69, 9.17) is 5.73 Å². The van der Waals surface area contributed by atoms with Gasteiger partial charge in [-0.25, -0.2) is 8.42 Å². The maximum Gasteiger partial charge on any atom is 0.175 e. The fraction of sp³-hybridized carbons (Fsp3) is 0.455. The Balaban J connectivity index is 3.17. The normalized spacial score (nSPS) is 13.9. The van der Waals surface area contributed by atoms with Crippen LogP contribution < -0.4 is 5.73 Å². The van der Waals surface area contributed by atoms with Crippen LogP contribution in [0, 0.1) is 6.92 Å². The molecule has 2 N–H and O–H groups in total. The van der Waals surface area contributed by atoms with Crippen molar-refractivity contribution in [1.29, 1.82) is 0 Å². The predicted molar refractivity (Wildman–Crippen MR) is 61.6 cm³/mol. The first-order valence-electron chi connectivity index (χ1n) is 4.86. The second-order valence-corrected chi connectivity index (χ2v) is 6.06. The fourth-order valence-corrected chi connectivity index (χ4v) is 2.12. The number of nitrogens with two attached hydrogens (primary N) is 1. The van der Waals surface area contributed by atoms with Crippen LogP contribution in [-0.4, -0.2) is 20.7 Å². The maximum atomic E-state index is 11.4. The third-order valence-corrected chi connectivity index (χ3v) is 3.40. The molecule has 0 aliphatic rings. The van der Waals surface area contributed by atoms with Crippen molar-refractivity contribution in [1.82, 2.24) is 0 Å². The van der Waals surface area contributed by atoms with Crippen molar-refractivity contribution in [3.8, 4) is 0 Å². The van der Waals surface area contributed by atoms with E-state index < -0.39 is 9.84 Å². The van der Waals surface area contributed by atoms with E-state index in [-0.39, 0.29) is 6.04 Å². The molecule has 1 atom stereocenters. The Bertz CT molecular complexity index is 450. The van der Waals surface area contributed by atoms with Gasteiger partial charge in [-0.1, -0.05) is 6.07 Å². The Morgan fingerprint density at radius 1 is 1.40 bits per heavy atom. The van der Waals surface area contributed by atoms with Gasteiger partial charge in [-0.15, -0.1) is 0 Å². The van der Waals surface area contributed by atoms with Crippen molar-refractivity contribution in [2.24, 2.45) is 5.73 Å². The quantitative estimate of drug-likeness (QED) is 0.846. The molecule has 0 saturated heterocycles. The van der Waals surface area contributed by atoms with Gasteiger partial charge < -0.3 is 5.73 Å². The first-order chi connectivity index (χ1) is 6.80. The average molecular weight is 227 g/mol. The van der Waals surface area contributed by atoms with Crippen LogP contribution in [0.15, 0.2) is 23.1 Å². The number of rotatable bonds is 3. The highest BCUT2D eigenvalue weighted by molar-refractivity contribution is 7.90. The lowest BCUT2D eigenvalue weighted by Gasteiger charge is -2.10. The summed E-state index contributed by atoms with van der Waals surface area (Å²) in [4.78, 5) is 0.365. The van der Waals surface area contributed by atoms with Gasteiger partial charge in [-0.2, -0.15) is 0 Å². The Hall–Kier alpha value is -0.870. The molecular formula is C11H17NO2S. The van der Waals surface area contributed by atoms with Crippen molar-refractivity contribution in [2.75, 3.05) is 6.26 Å². The second kappa shape index (κ2) is 4.33. The summed E-state index contributed by atoms with van der Waals surface area (Å²) in [6.45, 7) is 3.87. The summed E-state index contributed by atoms with van der Waals surface area (Å²) in [7, 11) is -3.12. The van der Waals surface area contributed by atoms with Crippen LogP contribution in [0.2, 0.25) is 0 Å². The molecule has 3 nitrogen and oxygen atoms in total. The van der Waals surface area contributed by atoms with Crippen LogP contribution in [0.4, 0.5) is 0 Å². The highest BCUT2D eigenvalue weighted by Crippen LogP contribution is 2.16. The van der Waals surface area contributed by atoms with Crippen LogP contribution in [0.3, 0.4) is 0 Å². The maximum absolute atomic E-state index is 11.4. The lowest BCUT2D eigenvalue weighted by atomic mass is 10.0. The average Bonchev–Trinajstić information content (AvgIpc) is 2.06. The third kappa shape index (κ3) is 3.32. The number of hydrogen-bond acceptors (Lipinski definition) is 3.